The monoisotopic (exact) mass is 213 g/mol. The molecule has 1 N–H and O–H groups in total. The van der Waals surface area contributed by atoms with E-state index < -0.39 is 22.5 Å². The number of nitro benzene ring substituents is 1. The van der Waals surface area contributed by atoms with Crippen LogP contribution < -0.4 is 0 Å². The highest BCUT2D eigenvalue weighted by atomic mass is 19.1. The summed E-state index contributed by atoms with van der Waals surface area (Å²) in [6, 6.07) is 3.79. The third kappa shape index (κ3) is 3.28. The van der Waals surface area contributed by atoms with Crippen LogP contribution in [0.2, 0.25) is 0 Å². The van der Waals surface area contributed by atoms with Crippen LogP contribution in [-0.2, 0) is 6.42 Å². The minimum atomic E-state index is -0.830. The van der Waals surface area contributed by atoms with Crippen LogP contribution in [0.4, 0.5) is 10.1 Å². The average Bonchev–Trinajstić information content (AvgIpc) is 2.14. The first-order chi connectivity index (χ1) is 7.00. The number of halogens is 1. The van der Waals surface area contributed by atoms with Gasteiger partial charge in [0, 0.05) is 6.07 Å². The first-order valence-corrected chi connectivity index (χ1v) is 4.61. The Labute approximate surface area is 86.5 Å². The minimum absolute atomic E-state index is 0.455. The Morgan fingerprint density at radius 3 is 2.73 bits per heavy atom. The lowest BCUT2D eigenvalue weighted by Gasteiger charge is -2.04. The lowest BCUT2D eigenvalue weighted by molar-refractivity contribution is -0.387. The zero-order valence-corrected chi connectivity index (χ0v) is 8.31. The minimum Gasteiger partial charge on any atom is -0.393 e. The van der Waals surface area contributed by atoms with Gasteiger partial charge in [0.25, 0.3) is 0 Å². The molecule has 5 heteroatoms. The summed E-state index contributed by atoms with van der Waals surface area (Å²) in [7, 11) is 0. The van der Waals surface area contributed by atoms with E-state index in [1.54, 1.807) is 6.92 Å². The van der Waals surface area contributed by atoms with Gasteiger partial charge in [-0.2, -0.15) is 4.39 Å². The molecule has 0 aliphatic rings. The first kappa shape index (κ1) is 11.6. The molecule has 0 fully saturated rings. The van der Waals surface area contributed by atoms with E-state index >= 15 is 0 Å². The summed E-state index contributed by atoms with van der Waals surface area (Å²) >= 11 is 0. The Morgan fingerprint density at radius 1 is 1.60 bits per heavy atom. The van der Waals surface area contributed by atoms with Gasteiger partial charge in [-0.05, 0) is 31.4 Å². The number of aryl methyl sites for hydroxylation is 1. The fourth-order valence-corrected chi connectivity index (χ4v) is 1.23. The number of rotatable bonds is 4. The highest BCUT2D eigenvalue weighted by Crippen LogP contribution is 2.18. The maximum Gasteiger partial charge on any atom is 0.304 e. The van der Waals surface area contributed by atoms with E-state index in [4.69, 9.17) is 5.11 Å². The van der Waals surface area contributed by atoms with E-state index in [9.17, 15) is 14.5 Å². The standard InChI is InChI=1S/C10H12FNO3/c1-7(13)2-3-8-4-5-10(12(14)15)9(11)6-8/h4-7,13H,2-3H2,1H3/t7-/m1/s1. The second kappa shape index (κ2) is 4.84. The van der Waals surface area contributed by atoms with Gasteiger partial charge in [0.2, 0.25) is 5.82 Å². The third-order valence-electron chi connectivity index (χ3n) is 2.06. The van der Waals surface area contributed by atoms with Crippen LogP contribution >= 0.6 is 0 Å². The number of aliphatic hydroxyl groups excluding tert-OH is 1. The highest BCUT2D eigenvalue weighted by Gasteiger charge is 2.13. The van der Waals surface area contributed by atoms with Crippen molar-refractivity contribution < 1.29 is 14.4 Å². The SMILES string of the molecule is C[C@@H](O)CCc1ccc([N+](=O)[O-])c(F)c1. The van der Waals surface area contributed by atoms with Crippen LogP contribution in [0.3, 0.4) is 0 Å². The van der Waals surface area contributed by atoms with Crippen LogP contribution in [0.15, 0.2) is 18.2 Å². The number of nitro groups is 1. The fourth-order valence-electron chi connectivity index (χ4n) is 1.23. The molecule has 0 radical (unpaired) electrons. The number of hydrogen-bond acceptors (Lipinski definition) is 3. The molecular formula is C10H12FNO3. The predicted molar refractivity (Wildman–Crippen MR) is 53.1 cm³/mol. The summed E-state index contributed by atoms with van der Waals surface area (Å²) in [6.07, 6.45) is 0.562. The van der Waals surface area contributed by atoms with Gasteiger partial charge in [0.15, 0.2) is 0 Å². The molecule has 0 aliphatic carbocycles. The summed E-state index contributed by atoms with van der Waals surface area (Å²) in [5.41, 5.74) is 0.134. The molecule has 4 nitrogen and oxygen atoms in total. The number of benzene rings is 1. The van der Waals surface area contributed by atoms with Crippen LogP contribution in [0.25, 0.3) is 0 Å². The third-order valence-corrected chi connectivity index (χ3v) is 2.06. The van der Waals surface area contributed by atoms with Gasteiger partial charge in [-0.3, -0.25) is 10.1 Å². The molecule has 0 spiro atoms. The van der Waals surface area contributed by atoms with Crippen LogP contribution in [-0.4, -0.2) is 16.1 Å². The summed E-state index contributed by atoms with van der Waals surface area (Å²) in [4.78, 5) is 9.57. The predicted octanol–water partition coefficient (Wildman–Crippen LogP) is 2.05. The Bertz CT molecular complexity index is 366. The van der Waals surface area contributed by atoms with Gasteiger partial charge in [-0.1, -0.05) is 6.07 Å². The maximum atomic E-state index is 13.1. The van der Waals surface area contributed by atoms with Crippen molar-refractivity contribution >= 4 is 5.69 Å². The lowest BCUT2D eigenvalue weighted by Crippen LogP contribution is -2.02. The highest BCUT2D eigenvalue weighted by molar-refractivity contribution is 5.35. The van der Waals surface area contributed by atoms with Crippen LogP contribution in [0.5, 0.6) is 0 Å². The zero-order valence-electron chi connectivity index (χ0n) is 8.31. The molecule has 0 aliphatic heterocycles. The lowest BCUT2D eigenvalue weighted by atomic mass is 10.1. The zero-order chi connectivity index (χ0) is 11.4. The van der Waals surface area contributed by atoms with E-state index in [2.05, 4.69) is 0 Å². The van der Waals surface area contributed by atoms with Gasteiger partial charge in [0.05, 0.1) is 11.0 Å². The smallest absolute Gasteiger partial charge is 0.304 e. The van der Waals surface area contributed by atoms with E-state index in [0.29, 0.717) is 18.4 Å². The Hall–Kier alpha value is -1.49. The van der Waals surface area contributed by atoms with E-state index in [-0.39, 0.29) is 0 Å². The van der Waals surface area contributed by atoms with Crippen molar-refractivity contribution in [2.75, 3.05) is 0 Å². The normalized spacial score (nSPS) is 12.5. The first-order valence-electron chi connectivity index (χ1n) is 4.61. The Morgan fingerprint density at radius 2 is 2.27 bits per heavy atom. The van der Waals surface area contributed by atoms with Crippen molar-refractivity contribution in [2.24, 2.45) is 0 Å². The maximum absolute atomic E-state index is 13.1. The largest absolute Gasteiger partial charge is 0.393 e. The topological polar surface area (TPSA) is 63.4 Å². The van der Waals surface area contributed by atoms with Gasteiger partial charge >= 0.3 is 5.69 Å². The molecular weight excluding hydrogens is 201 g/mol. The molecule has 1 aromatic rings. The van der Waals surface area contributed by atoms with Gasteiger partial charge < -0.3 is 5.11 Å². The van der Waals surface area contributed by atoms with E-state index in [1.807, 2.05) is 0 Å². The summed E-state index contributed by atoms with van der Waals surface area (Å²) in [5, 5.41) is 19.3. The molecule has 15 heavy (non-hydrogen) atoms. The van der Waals surface area contributed by atoms with Crippen LogP contribution in [0, 0.1) is 15.9 Å². The molecule has 0 saturated heterocycles. The van der Waals surface area contributed by atoms with Crippen molar-refractivity contribution in [3.8, 4) is 0 Å². The summed E-state index contributed by atoms with van der Waals surface area (Å²) < 4.78 is 13.1. The molecule has 82 valence electrons. The molecule has 1 aromatic carbocycles. The number of nitrogens with zero attached hydrogens (tertiary/aromatic N) is 1. The molecule has 1 rings (SSSR count). The van der Waals surface area contributed by atoms with Gasteiger partial charge in [0.1, 0.15) is 0 Å². The van der Waals surface area contributed by atoms with Crippen molar-refractivity contribution in [1.82, 2.24) is 0 Å². The van der Waals surface area contributed by atoms with Crippen molar-refractivity contribution in [1.29, 1.82) is 0 Å². The molecule has 0 amide bonds. The van der Waals surface area contributed by atoms with E-state index in [1.165, 1.54) is 6.07 Å². The van der Waals surface area contributed by atoms with Gasteiger partial charge in [-0.15, -0.1) is 0 Å². The van der Waals surface area contributed by atoms with Crippen molar-refractivity contribution in [2.45, 2.75) is 25.9 Å². The number of aliphatic hydroxyl groups is 1. The summed E-state index contributed by atoms with van der Waals surface area (Å²) in [5.74, 6) is -0.830. The average molecular weight is 213 g/mol. The molecule has 1 atom stereocenters. The molecule has 0 unspecified atom stereocenters. The second-order valence-corrected chi connectivity index (χ2v) is 3.43. The quantitative estimate of drug-likeness (QED) is 0.615. The molecule has 0 saturated carbocycles. The Kier molecular flexibility index (Phi) is 3.74. The molecule has 0 bridgehead atoms. The molecule has 0 aromatic heterocycles. The van der Waals surface area contributed by atoms with E-state index in [0.717, 1.165) is 12.1 Å². The fraction of sp³-hybridized carbons (Fsp3) is 0.400. The summed E-state index contributed by atoms with van der Waals surface area (Å²) in [6.45, 7) is 1.64. The van der Waals surface area contributed by atoms with Crippen molar-refractivity contribution in [3.05, 3.63) is 39.7 Å². The second-order valence-electron chi connectivity index (χ2n) is 3.43. The van der Waals surface area contributed by atoms with Crippen molar-refractivity contribution in [3.63, 3.8) is 0 Å². The van der Waals surface area contributed by atoms with Crippen LogP contribution in [0.1, 0.15) is 18.9 Å². The van der Waals surface area contributed by atoms with Gasteiger partial charge in [-0.25, -0.2) is 0 Å². The number of hydrogen-bond donors (Lipinski definition) is 1. The molecule has 0 heterocycles. The Balaban J connectivity index is 2.78.